The maximum Gasteiger partial charge on any atom is 0.0249 e. The summed E-state index contributed by atoms with van der Waals surface area (Å²) in [6.45, 7) is 5.56. The number of hydrogen-bond acceptors (Lipinski definition) is 3. The number of thioether (sulfide) groups is 1. The zero-order valence-electron chi connectivity index (χ0n) is 9.34. The number of nitrogens with one attached hydrogen (secondary N) is 1. The monoisotopic (exact) mass is 235 g/mol. The highest BCUT2D eigenvalue weighted by Gasteiger charge is 2.21. The fraction of sp³-hybridized carbons (Fsp3) is 1.00. The van der Waals surface area contributed by atoms with E-state index in [9.17, 15) is 4.21 Å². The summed E-state index contributed by atoms with van der Waals surface area (Å²) in [6, 6.07) is 0.596. The van der Waals surface area contributed by atoms with E-state index in [2.05, 4.69) is 25.4 Å². The molecule has 1 N–H and O–H groups in total. The number of hydrogen-bond donors (Lipinski definition) is 1. The van der Waals surface area contributed by atoms with E-state index in [-0.39, 0.29) is 0 Å². The molecule has 1 saturated heterocycles. The van der Waals surface area contributed by atoms with E-state index in [1.807, 2.05) is 11.8 Å². The third-order valence-electron chi connectivity index (χ3n) is 2.76. The van der Waals surface area contributed by atoms with Gasteiger partial charge in [-0.3, -0.25) is 4.21 Å². The molecule has 0 aromatic rings. The molecule has 1 aliphatic heterocycles. The van der Waals surface area contributed by atoms with Crippen molar-refractivity contribution < 1.29 is 4.21 Å². The first-order valence-electron chi connectivity index (χ1n) is 5.17. The average Bonchev–Trinajstić information content (AvgIpc) is 2.17. The van der Waals surface area contributed by atoms with Gasteiger partial charge in [-0.2, -0.15) is 11.8 Å². The van der Waals surface area contributed by atoms with E-state index in [4.69, 9.17) is 0 Å². The lowest BCUT2D eigenvalue weighted by Gasteiger charge is -2.28. The third kappa shape index (κ3) is 4.32. The molecule has 4 heteroatoms. The van der Waals surface area contributed by atoms with Crippen LogP contribution in [0.15, 0.2) is 0 Å². The topological polar surface area (TPSA) is 29.1 Å². The normalized spacial score (nSPS) is 29.1. The molecule has 0 radical (unpaired) electrons. The Morgan fingerprint density at radius 2 is 2.00 bits per heavy atom. The highest BCUT2D eigenvalue weighted by molar-refractivity contribution is 7.99. The van der Waals surface area contributed by atoms with Crippen LogP contribution in [0.1, 0.15) is 26.7 Å². The molecular weight excluding hydrogens is 214 g/mol. The molecule has 0 spiro atoms. The summed E-state index contributed by atoms with van der Waals surface area (Å²) in [6.07, 6.45) is 4.31. The maximum atomic E-state index is 11.1. The predicted molar refractivity (Wildman–Crippen MR) is 66.5 cm³/mol. The van der Waals surface area contributed by atoms with Gasteiger partial charge in [-0.05, 0) is 32.9 Å². The molecule has 2 nitrogen and oxygen atoms in total. The second kappa shape index (κ2) is 5.52. The van der Waals surface area contributed by atoms with Crippen molar-refractivity contribution in [2.75, 3.05) is 24.3 Å². The summed E-state index contributed by atoms with van der Waals surface area (Å²) < 4.78 is 11.5. The zero-order chi connectivity index (χ0) is 10.6. The lowest BCUT2D eigenvalue weighted by atomic mass is 10.1. The molecular formula is C10H21NOS2. The fourth-order valence-corrected chi connectivity index (χ4v) is 2.99. The standard InChI is InChI=1S/C10H21NOS2/c1-10(2,13-3)8-11-9-4-6-14(12)7-5-9/h9,11H,4-8H2,1-3H3. The zero-order valence-corrected chi connectivity index (χ0v) is 11.0. The van der Waals surface area contributed by atoms with Crippen LogP contribution in [0, 0.1) is 0 Å². The van der Waals surface area contributed by atoms with Crippen LogP contribution in [0.2, 0.25) is 0 Å². The van der Waals surface area contributed by atoms with Gasteiger partial charge in [-0.25, -0.2) is 0 Å². The Morgan fingerprint density at radius 3 is 2.50 bits per heavy atom. The SMILES string of the molecule is CSC(C)(C)CNC1CCS(=O)CC1. The van der Waals surface area contributed by atoms with Gasteiger partial charge < -0.3 is 5.32 Å². The van der Waals surface area contributed by atoms with E-state index in [0.717, 1.165) is 30.9 Å². The molecule has 0 aromatic heterocycles. The van der Waals surface area contributed by atoms with E-state index in [1.54, 1.807) is 0 Å². The van der Waals surface area contributed by atoms with Crippen LogP contribution < -0.4 is 5.32 Å². The molecule has 84 valence electrons. The van der Waals surface area contributed by atoms with Crippen LogP contribution in [-0.4, -0.2) is 39.3 Å². The molecule has 0 bridgehead atoms. The van der Waals surface area contributed by atoms with Gasteiger partial charge in [0.15, 0.2) is 0 Å². The minimum atomic E-state index is -0.533. The summed E-state index contributed by atoms with van der Waals surface area (Å²) in [5.74, 6) is 1.77. The second-order valence-corrected chi connectivity index (χ2v) is 7.68. The lowest BCUT2D eigenvalue weighted by molar-refractivity contribution is 0.453. The first-order chi connectivity index (χ1) is 6.53. The van der Waals surface area contributed by atoms with Crippen molar-refractivity contribution in [1.82, 2.24) is 5.32 Å². The van der Waals surface area contributed by atoms with Gasteiger partial charge in [0.05, 0.1) is 0 Å². The van der Waals surface area contributed by atoms with Gasteiger partial charge >= 0.3 is 0 Å². The van der Waals surface area contributed by atoms with Crippen LogP contribution in [0.5, 0.6) is 0 Å². The van der Waals surface area contributed by atoms with E-state index < -0.39 is 10.8 Å². The molecule has 0 unspecified atom stereocenters. The molecule has 0 amide bonds. The largest absolute Gasteiger partial charge is 0.313 e. The molecule has 0 atom stereocenters. The summed E-state index contributed by atoms with van der Waals surface area (Å²) in [5.41, 5.74) is 0. The Morgan fingerprint density at radius 1 is 1.43 bits per heavy atom. The van der Waals surface area contributed by atoms with Gasteiger partial charge in [-0.1, -0.05) is 0 Å². The molecule has 1 heterocycles. The maximum absolute atomic E-state index is 11.1. The number of rotatable bonds is 4. The Bertz CT molecular complexity index is 196. The van der Waals surface area contributed by atoms with Crippen molar-refractivity contribution in [3.8, 4) is 0 Å². The van der Waals surface area contributed by atoms with Crippen LogP contribution in [-0.2, 0) is 10.8 Å². The van der Waals surface area contributed by atoms with Crippen LogP contribution >= 0.6 is 11.8 Å². The van der Waals surface area contributed by atoms with E-state index in [0.29, 0.717) is 10.8 Å². The molecule has 0 saturated carbocycles. The highest BCUT2D eigenvalue weighted by atomic mass is 32.2. The predicted octanol–water partition coefficient (Wildman–Crippen LogP) is 1.63. The summed E-state index contributed by atoms with van der Waals surface area (Å²) in [7, 11) is -0.533. The summed E-state index contributed by atoms with van der Waals surface area (Å²) in [4.78, 5) is 0. The summed E-state index contributed by atoms with van der Waals surface area (Å²) >= 11 is 1.89. The van der Waals surface area contributed by atoms with Gasteiger partial charge in [0.2, 0.25) is 0 Å². The van der Waals surface area contributed by atoms with Crippen molar-refractivity contribution in [3.63, 3.8) is 0 Å². The Balaban J connectivity index is 2.22. The van der Waals surface area contributed by atoms with Gasteiger partial charge in [0, 0.05) is 39.6 Å². The minimum Gasteiger partial charge on any atom is -0.313 e. The Kier molecular flexibility index (Phi) is 4.94. The first-order valence-corrected chi connectivity index (χ1v) is 7.88. The fourth-order valence-electron chi connectivity index (χ4n) is 1.46. The molecule has 0 aliphatic carbocycles. The van der Waals surface area contributed by atoms with Crippen molar-refractivity contribution in [2.24, 2.45) is 0 Å². The highest BCUT2D eigenvalue weighted by Crippen LogP contribution is 2.20. The van der Waals surface area contributed by atoms with Gasteiger partial charge in [0.25, 0.3) is 0 Å². The second-order valence-electron chi connectivity index (χ2n) is 4.47. The molecule has 14 heavy (non-hydrogen) atoms. The van der Waals surface area contributed by atoms with E-state index >= 15 is 0 Å². The van der Waals surface area contributed by atoms with E-state index in [1.165, 1.54) is 0 Å². The van der Waals surface area contributed by atoms with Crippen molar-refractivity contribution in [2.45, 2.75) is 37.5 Å². The van der Waals surface area contributed by atoms with Gasteiger partial charge in [0.1, 0.15) is 0 Å². The smallest absolute Gasteiger partial charge is 0.0249 e. The van der Waals surface area contributed by atoms with Gasteiger partial charge in [-0.15, -0.1) is 0 Å². The van der Waals surface area contributed by atoms with Crippen LogP contribution in [0.3, 0.4) is 0 Å². The summed E-state index contributed by atoms with van der Waals surface area (Å²) in [5, 5.41) is 3.58. The lowest BCUT2D eigenvalue weighted by Crippen LogP contribution is -2.42. The Labute approximate surface area is 94.1 Å². The van der Waals surface area contributed by atoms with Crippen molar-refractivity contribution in [3.05, 3.63) is 0 Å². The molecule has 1 fully saturated rings. The van der Waals surface area contributed by atoms with Crippen molar-refractivity contribution >= 4 is 22.6 Å². The molecule has 0 aromatic carbocycles. The molecule has 1 aliphatic rings. The minimum absolute atomic E-state index is 0.316. The van der Waals surface area contributed by atoms with Crippen molar-refractivity contribution in [1.29, 1.82) is 0 Å². The first kappa shape index (κ1) is 12.5. The van der Waals surface area contributed by atoms with Crippen LogP contribution in [0.25, 0.3) is 0 Å². The molecule has 1 rings (SSSR count). The van der Waals surface area contributed by atoms with Crippen LogP contribution in [0.4, 0.5) is 0 Å². The Hall–Kier alpha value is 0.460. The third-order valence-corrected chi connectivity index (χ3v) is 5.39. The average molecular weight is 235 g/mol. The quantitative estimate of drug-likeness (QED) is 0.803.